The minimum Gasteiger partial charge on any atom is -0.465 e. The van der Waals surface area contributed by atoms with Crippen molar-refractivity contribution in [1.29, 1.82) is 0 Å². The zero-order valence-corrected chi connectivity index (χ0v) is 18.9. The summed E-state index contributed by atoms with van der Waals surface area (Å²) in [4.78, 5) is 16.0. The summed E-state index contributed by atoms with van der Waals surface area (Å²) in [6, 6.07) is 1.18. The predicted molar refractivity (Wildman–Crippen MR) is 113 cm³/mol. The Balaban J connectivity index is 1.79. The molecule has 0 radical (unpaired) electrons. The Morgan fingerprint density at radius 2 is 2.09 bits per heavy atom. The predicted octanol–water partition coefficient (Wildman–Crippen LogP) is 3.79. The Bertz CT molecular complexity index is 1300. The summed E-state index contributed by atoms with van der Waals surface area (Å²) in [6.45, 7) is 0.240. The summed E-state index contributed by atoms with van der Waals surface area (Å²) in [5.41, 5.74) is 0.132. The molecule has 178 valence electrons. The molecular formula is C19H16Cl2F3N3O5S. The Morgan fingerprint density at radius 1 is 1.36 bits per heavy atom. The third-order valence-corrected chi connectivity index (χ3v) is 7.06. The van der Waals surface area contributed by atoms with Crippen LogP contribution in [-0.2, 0) is 20.2 Å². The van der Waals surface area contributed by atoms with Gasteiger partial charge in [-0.15, -0.1) is 0 Å². The molecule has 0 aromatic carbocycles. The molecule has 4 rings (SSSR count). The van der Waals surface area contributed by atoms with Crippen LogP contribution in [0.3, 0.4) is 0 Å². The molecule has 8 nitrogen and oxygen atoms in total. The van der Waals surface area contributed by atoms with Gasteiger partial charge in [0.05, 0.1) is 40.8 Å². The Hall–Kier alpha value is -2.28. The molecule has 0 bridgehead atoms. The van der Waals surface area contributed by atoms with Crippen LogP contribution in [0.25, 0.3) is 5.65 Å². The largest absolute Gasteiger partial charge is 0.465 e. The number of amides is 1. The van der Waals surface area contributed by atoms with E-state index in [1.807, 2.05) is 0 Å². The van der Waals surface area contributed by atoms with Gasteiger partial charge in [-0.3, -0.25) is 0 Å². The molecule has 0 spiro atoms. The zero-order chi connectivity index (χ0) is 24.1. The number of hydrogen-bond donors (Lipinski definition) is 1. The maximum Gasteiger partial charge on any atom is 0.407 e. The van der Waals surface area contributed by atoms with Gasteiger partial charge in [0, 0.05) is 41.6 Å². The Kier molecular flexibility index (Phi) is 6.38. The lowest BCUT2D eigenvalue weighted by Gasteiger charge is -2.31. The second-order valence-corrected chi connectivity index (χ2v) is 10.5. The molecule has 1 saturated heterocycles. The van der Waals surface area contributed by atoms with E-state index in [1.165, 1.54) is 10.5 Å². The van der Waals surface area contributed by atoms with Crippen molar-refractivity contribution >= 4 is 43.1 Å². The number of pyridine rings is 1. The number of aromatic nitrogens is 2. The number of carbonyl (C=O) groups is 1. The van der Waals surface area contributed by atoms with Gasteiger partial charge >= 0.3 is 6.09 Å². The van der Waals surface area contributed by atoms with E-state index in [2.05, 4.69) is 4.98 Å². The maximum absolute atomic E-state index is 15.0. The lowest BCUT2D eigenvalue weighted by atomic mass is 9.91. The van der Waals surface area contributed by atoms with Gasteiger partial charge in [-0.05, 0) is 12.2 Å². The second kappa shape index (κ2) is 8.82. The number of imidazole rings is 1. The molecule has 0 saturated carbocycles. The van der Waals surface area contributed by atoms with Crippen LogP contribution in [0.15, 0.2) is 35.1 Å². The fraction of sp³-hybridized carbons (Fsp3) is 0.368. The Labute approximate surface area is 195 Å². The van der Waals surface area contributed by atoms with Gasteiger partial charge in [0.1, 0.15) is 17.6 Å². The summed E-state index contributed by atoms with van der Waals surface area (Å²) < 4.78 is 74.1. The van der Waals surface area contributed by atoms with Crippen molar-refractivity contribution in [1.82, 2.24) is 14.3 Å². The number of nitrogens with zero attached hydrogens (tertiary/aromatic N) is 3. The highest BCUT2D eigenvalue weighted by molar-refractivity contribution is 8.17. The van der Waals surface area contributed by atoms with Crippen molar-refractivity contribution in [3.05, 3.63) is 57.4 Å². The highest BCUT2D eigenvalue weighted by atomic mass is 35.7. The van der Waals surface area contributed by atoms with Crippen molar-refractivity contribution in [2.75, 3.05) is 19.7 Å². The van der Waals surface area contributed by atoms with Crippen molar-refractivity contribution in [2.24, 2.45) is 0 Å². The topological polar surface area (TPSA) is 101 Å². The summed E-state index contributed by atoms with van der Waals surface area (Å²) in [6.07, 6.45) is -1.77. The lowest BCUT2D eigenvalue weighted by molar-refractivity contribution is -0.0216. The van der Waals surface area contributed by atoms with Gasteiger partial charge in [0.25, 0.3) is 9.05 Å². The molecule has 1 aliphatic heterocycles. The first-order valence-corrected chi connectivity index (χ1v) is 12.3. The van der Waals surface area contributed by atoms with Crippen molar-refractivity contribution in [3.63, 3.8) is 0 Å². The molecule has 14 heteroatoms. The molecule has 1 N–H and O–H groups in total. The molecule has 3 atom stereocenters. The van der Waals surface area contributed by atoms with Crippen molar-refractivity contribution < 1.29 is 36.2 Å². The molecule has 1 aliphatic carbocycles. The van der Waals surface area contributed by atoms with Crippen LogP contribution in [0.2, 0.25) is 5.02 Å². The molecule has 33 heavy (non-hydrogen) atoms. The van der Waals surface area contributed by atoms with Crippen LogP contribution in [-0.4, -0.2) is 65.9 Å². The molecule has 2 aliphatic rings. The number of alkyl halides is 1. The number of carboxylic acid groups (broad SMARTS) is 1. The van der Waals surface area contributed by atoms with Crippen LogP contribution in [0, 0.1) is 5.82 Å². The zero-order valence-electron chi connectivity index (χ0n) is 16.6. The number of morpholine rings is 1. The summed E-state index contributed by atoms with van der Waals surface area (Å²) in [5.74, 6) is -3.58. The van der Waals surface area contributed by atoms with Crippen LogP contribution in [0.4, 0.5) is 18.0 Å². The smallest absolute Gasteiger partial charge is 0.407 e. The summed E-state index contributed by atoms with van der Waals surface area (Å²) in [5, 5.41) is 8.99. The highest BCUT2D eigenvalue weighted by Gasteiger charge is 2.37. The molecular weight excluding hydrogens is 510 g/mol. The lowest BCUT2D eigenvalue weighted by Crippen LogP contribution is -2.46. The molecule has 2 unspecified atom stereocenters. The van der Waals surface area contributed by atoms with Crippen LogP contribution >= 0.6 is 22.3 Å². The normalized spacial score (nSPS) is 24.0. The molecule has 3 heterocycles. The van der Waals surface area contributed by atoms with Gasteiger partial charge in [-0.2, -0.15) is 0 Å². The average molecular weight is 526 g/mol. The first kappa shape index (κ1) is 23.9. The molecule has 1 amide bonds. The van der Waals surface area contributed by atoms with Crippen LogP contribution in [0.5, 0.6) is 0 Å². The van der Waals surface area contributed by atoms with Crippen LogP contribution in [0.1, 0.15) is 17.3 Å². The quantitative estimate of drug-likeness (QED) is 0.609. The van der Waals surface area contributed by atoms with Gasteiger partial charge in [0.15, 0.2) is 5.82 Å². The fourth-order valence-corrected chi connectivity index (χ4v) is 4.88. The molecule has 2 aromatic rings. The van der Waals surface area contributed by atoms with E-state index >= 15 is 4.39 Å². The third kappa shape index (κ3) is 4.70. The average Bonchev–Trinajstić information content (AvgIpc) is 3.04. The van der Waals surface area contributed by atoms with Gasteiger partial charge in [0.2, 0.25) is 0 Å². The maximum atomic E-state index is 15.0. The minimum absolute atomic E-state index is 0.0192. The molecule has 2 aromatic heterocycles. The SMILES string of the molecule is O=C(O)N1CCO[C@@H](Cc2c(C3C(F)=CC(S(=O)(=O)Cl)=CC3F)nc3cc(Cl)c(F)cn23)C1. The van der Waals surface area contributed by atoms with Gasteiger partial charge < -0.3 is 19.1 Å². The highest BCUT2D eigenvalue weighted by Crippen LogP contribution is 2.40. The van der Waals surface area contributed by atoms with E-state index < -0.39 is 49.9 Å². The van der Waals surface area contributed by atoms with E-state index in [-0.39, 0.29) is 48.2 Å². The fourth-order valence-electron chi connectivity index (χ4n) is 3.90. The first-order chi connectivity index (χ1) is 15.5. The monoisotopic (exact) mass is 525 g/mol. The standard InChI is InChI=1S/C19H16Cl2F3N3O5S/c20-11-6-16-25-18(17-12(22)4-10(5-13(17)23)33(21,30)31)15(27(16)8-14(11)24)3-9-7-26(19(28)29)1-2-32-9/h4-6,8-9,12,17H,1-3,7H2,(H,28,29)/t9-,12?,17?/m0/s1. The van der Waals surface area contributed by atoms with E-state index in [0.717, 1.165) is 11.1 Å². The first-order valence-electron chi connectivity index (χ1n) is 9.58. The number of ether oxygens (including phenoxy) is 1. The summed E-state index contributed by atoms with van der Waals surface area (Å²) >= 11 is 5.83. The van der Waals surface area contributed by atoms with E-state index in [0.29, 0.717) is 12.2 Å². The van der Waals surface area contributed by atoms with Crippen molar-refractivity contribution in [3.8, 4) is 0 Å². The summed E-state index contributed by atoms with van der Waals surface area (Å²) in [7, 11) is 0.838. The molecule has 1 fully saturated rings. The number of rotatable bonds is 4. The van der Waals surface area contributed by atoms with Gasteiger partial charge in [-0.1, -0.05) is 11.6 Å². The van der Waals surface area contributed by atoms with Crippen LogP contribution < -0.4 is 0 Å². The van der Waals surface area contributed by atoms with Crippen molar-refractivity contribution in [2.45, 2.75) is 24.6 Å². The third-order valence-electron chi connectivity index (χ3n) is 5.42. The number of allylic oxidation sites excluding steroid dienone is 3. The second-order valence-electron chi connectivity index (χ2n) is 7.52. The van der Waals surface area contributed by atoms with E-state index in [9.17, 15) is 27.1 Å². The minimum atomic E-state index is -4.38. The van der Waals surface area contributed by atoms with E-state index in [1.54, 1.807) is 0 Å². The van der Waals surface area contributed by atoms with E-state index in [4.69, 9.17) is 27.0 Å². The Morgan fingerprint density at radius 3 is 2.73 bits per heavy atom. The number of hydrogen-bond acceptors (Lipinski definition) is 5. The number of halogens is 5. The van der Waals surface area contributed by atoms with Gasteiger partial charge in [-0.25, -0.2) is 31.4 Å². The number of fused-ring (bicyclic) bond motifs is 1.